The molecule has 0 saturated heterocycles. The molecule has 0 aromatic heterocycles. The highest BCUT2D eigenvalue weighted by molar-refractivity contribution is 7.80. The zero-order valence-electron chi connectivity index (χ0n) is 13.4. The SMILES string of the molecule is CC1=NN(C(N)=S)C(=O)C1N=Nc1ccc(Oc2ccccc2)cc1. The van der Waals surface area contributed by atoms with E-state index in [0.29, 0.717) is 17.1 Å². The Kier molecular flexibility index (Phi) is 4.80. The Bertz CT molecular complexity index is 849. The summed E-state index contributed by atoms with van der Waals surface area (Å²) in [5, 5.41) is 13.0. The molecule has 25 heavy (non-hydrogen) atoms. The first-order valence-electron chi connectivity index (χ1n) is 7.47. The van der Waals surface area contributed by atoms with Gasteiger partial charge in [0.25, 0.3) is 5.91 Å². The maximum Gasteiger partial charge on any atom is 0.282 e. The molecule has 3 rings (SSSR count). The van der Waals surface area contributed by atoms with Crippen molar-refractivity contribution in [2.75, 3.05) is 0 Å². The van der Waals surface area contributed by atoms with Crippen LogP contribution in [0.2, 0.25) is 0 Å². The van der Waals surface area contributed by atoms with E-state index >= 15 is 0 Å². The molecule has 1 unspecified atom stereocenters. The molecule has 0 fully saturated rings. The van der Waals surface area contributed by atoms with Gasteiger partial charge in [-0.2, -0.15) is 20.3 Å². The molecule has 126 valence electrons. The van der Waals surface area contributed by atoms with Crippen LogP contribution in [0, 0.1) is 0 Å². The Morgan fingerprint density at radius 1 is 1.16 bits per heavy atom. The molecular formula is C17H15N5O2S. The van der Waals surface area contributed by atoms with Crippen LogP contribution in [0.4, 0.5) is 5.69 Å². The van der Waals surface area contributed by atoms with Gasteiger partial charge in [0.1, 0.15) is 11.5 Å². The Morgan fingerprint density at radius 2 is 1.80 bits per heavy atom. The largest absolute Gasteiger partial charge is 0.457 e. The van der Waals surface area contributed by atoms with E-state index in [-0.39, 0.29) is 5.11 Å². The van der Waals surface area contributed by atoms with Crippen LogP contribution in [0.25, 0.3) is 0 Å². The first-order chi connectivity index (χ1) is 12.0. The number of hydrogen-bond donors (Lipinski definition) is 1. The highest BCUT2D eigenvalue weighted by Gasteiger charge is 2.35. The lowest BCUT2D eigenvalue weighted by atomic mass is 10.2. The van der Waals surface area contributed by atoms with Gasteiger partial charge >= 0.3 is 0 Å². The summed E-state index contributed by atoms with van der Waals surface area (Å²) in [4.78, 5) is 12.1. The molecule has 2 aromatic rings. The first kappa shape index (κ1) is 16.7. The minimum Gasteiger partial charge on any atom is -0.457 e. The Morgan fingerprint density at radius 3 is 2.40 bits per heavy atom. The van der Waals surface area contributed by atoms with Gasteiger partial charge in [0.2, 0.25) is 0 Å². The number of nitrogens with two attached hydrogens (primary N) is 1. The van der Waals surface area contributed by atoms with Crippen molar-refractivity contribution in [2.24, 2.45) is 21.1 Å². The quantitative estimate of drug-likeness (QED) is 0.673. The second-order valence-electron chi connectivity index (χ2n) is 5.26. The number of nitrogens with zero attached hydrogens (tertiary/aromatic N) is 4. The van der Waals surface area contributed by atoms with Gasteiger partial charge in [-0.25, -0.2) is 0 Å². The monoisotopic (exact) mass is 353 g/mol. The second kappa shape index (κ2) is 7.18. The highest BCUT2D eigenvalue weighted by Crippen LogP contribution is 2.24. The van der Waals surface area contributed by atoms with E-state index in [2.05, 4.69) is 15.3 Å². The number of thiocarbonyl (C=S) groups is 1. The van der Waals surface area contributed by atoms with Crippen molar-refractivity contribution in [3.8, 4) is 11.5 Å². The molecule has 0 spiro atoms. The van der Waals surface area contributed by atoms with E-state index in [1.54, 1.807) is 31.2 Å². The third kappa shape index (κ3) is 3.86. The summed E-state index contributed by atoms with van der Waals surface area (Å²) in [7, 11) is 0. The second-order valence-corrected chi connectivity index (χ2v) is 5.67. The number of benzene rings is 2. The van der Waals surface area contributed by atoms with Gasteiger partial charge in [0.05, 0.1) is 11.4 Å². The smallest absolute Gasteiger partial charge is 0.282 e. The molecule has 1 aliphatic rings. The molecule has 0 bridgehead atoms. The molecule has 1 amide bonds. The van der Waals surface area contributed by atoms with Crippen LogP contribution in [0.3, 0.4) is 0 Å². The molecule has 0 saturated carbocycles. The Balaban J connectivity index is 1.67. The average molecular weight is 353 g/mol. The number of azo groups is 1. The topological polar surface area (TPSA) is 92.6 Å². The van der Waals surface area contributed by atoms with Gasteiger partial charge in [-0.05, 0) is 55.5 Å². The molecule has 0 aliphatic carbocycles. The van der Waals surface area contributed by atoms with Gasteiger partial charge in [0.15, 0.2) is 11.2 Å². The van der Waals surface area contributed by atoms with Crippen molar-refractivity contribution in [3.63, 3.8) is 0 Å². The molecule has 1 aliphatic heterocycles. The first-order valence-corrected chi connectivity index (χ1v) is 7.88. The molecule has 2 aromatic carbocycles. The number of para-hydroxylation sites is 1. The number of hydrazone groups is 1. The lowest BCUT2D eigenvalue weighted by Crippen LogP contribution is -2.37. The van der Waals surface area contributed by atoms with Crippen molar-refractivity contribution in [1.82, 2.24) is 5.01 Å². The van der Waals surface area contributed by atoms with E-state index in [0.717, 1.165) is 10.8 Å². The van der Waals surface area contributed by atoms with E-state index in [9.17, 15) is 4.79 Å². The molecule has 1 atom stereocenters. The van der Waals surface area contributed by atoms with Crippen LogP contribution in [-0.2, 0) is 4.79 Å². The predicted octanol–water partition coefficient (Wildman–Crippen LogP) is 3.39. The van der Waals surface area contributed by atoms with Crippen LogP contribution in [-0.4, -0.2) is 27.8 Å². The van der Waals surface area contributed by atoms with Gasteiger partial charge < -0.3 is 10.5 Å². The predicted molar refractivity (Wildman–Crippen MR) is 98.0 cm³/mol. The molecule has 8 heteroatoms. The minimum atomic E-state index is -0.804. The zero-order chi connectivity index (χ0) is 17.8. The van der Waals surface area contributed by atoms with Crippen LogP contribution in [0.15, 0.2) is 69.9 Å². The summed E-state index contributed by atoms with van der Waals surface area (Å²) in [5.41, 5.74) is 6.53. The number of rotatable bonds is 4. The van der Waals surface area contributed by atoms with Gasteiger partial charge in [-0.15, -0.1) is 0 Å². The van der Waals surface area contributed by atoms with Crippen molar-refractivity contribution in [2.45, 2.75) is 13.0 Å². The molecule has 2 N–H and O–H groups in total. The fraction of sp³-hybridized carbons (Fsp3) is 0.118. The van der Waals surface area contributed by atoms with Crippen LogP contribution in [0.5, 0.6) is 11.5 Å². The Labute approximate surface area is 149 Å². The number of hydrogen-bond acceptors (Lipinski definition) is 6. The van der Waals surface area contributed by atoms with E-state index in [4.69, 9.17) is 22.7 Å². The summed E-state index contributed by atoms with van der Waals surface area (Å²) in [6.07, 6.45) is 0. The third-order valence-electron chi connectivity index (χ3n) is 3.41. The van der Waals surface area contributed by atoms with E-state index in [1.807, 2.05) is 30.3 Å². The lowest BCUT2D eigenvalue weighted by Gasteiger charge is -2.08. The molecule has 7 nitrogen and oxygen atoms in total. The van der Waals surface area contributed by atoms with Gasteiger partial charge in [-0.1, -0.05) is 18.2 Å². The summed E-state index contributed by atoms with van der Waals surface area (Å²) in [6, 6.07) is 15.7. The van der Waals surface area contributed by atoms with Crippen molar-refractivity contribution in [3.05, 3.63) is 54.6 Å². The summed E-state index contributed by atoms with van der Waals surface area (Å²) >= 11 is 4.77. The van der Waals surface area contributed by atoms with Crippen molar-refractivity contribution < 1.29 is 9.53 Å². The van der Waals surface area contributed by atoms with E-state index < -0.39 is 11.9 Å². The summed E-state index contributed by atoms with van der Waals surface area (Å²) < 4.78 is 5.71. The fourth-order valence-corrected chi connectivity index (χ4v) is 2.31. The lowest BCUT2D eigenvalue weighted by molar-refractivity contribution is -0.126. The van der Waals surface area contributed by atoms with Crippen LogP contribution in [0.1, 0.15) is 6.92 Å². The standard InChI is InChI=1S/C17H15N5O2S/c1-11-15(16(23)22(21-11)17(18)25)20-19-12-7-9-14(10-8-12)24-13-5-3-2-4-6-13/h2-10,15H,1H3,(H2,18,25). The summed E-state index contributed by atoms with van der Waals surface area (Å²) in [6.45, 7) is 1.68. The number of carbonyl (C=O) groups excluding carboxylic acids is 1. The van der Waals surface area contributed by atoms with Crippen LogP contribution >= 0.6 is 12.2 Å². The summed E-state index contributed by atoms with van der Waals surface area (Å²) in [5.74, 6) is 1.02. The highest BCUT2D eigenvalue weighted by atomic mass is 32.1. The van der Waals surface area contributed by atoms with Crippen molar-refractivity contribution in [1.29, 1.82) is 0 Å². The maximum atomic E-state index is 12.1. The molecule has 0 radical (unpaired) electrons. The van der Waals surface area contributed by atoms with Crippen LogP contribution < -0.4 is 10.5 Å². The fourth-order valence-electron chi connectivity index (χ4n) is 2.18. The molecule has 1 heterocycles. The maximum absolute atomic E-state index is 12.1. The van der Waals surface area contributed by atoms with Crippen molar-refractivity contribution >= 4 is 34.6 Å². The van der Waals surface area contributed by atoms with Gasteiger partial charge in [-0.3, -0.25) is 4.79 Å². The third-order valence-corrected chi connectivity index (χ3v) is 3.58. The Hall–Kier alpha value is -3.13. The van der Waals surface area contributed by atoms with E-state index in [1.165, 1.54) is 0 Å². The minimum absolute atomic E-state index is 0.107. The van der Waals surface area contributed by atoms with Gasteiger partial charge in [0, 0.05) is 0 Å². The number of ether oxygens (including phenoxy) is 1. The zero-order valence-corrected chi connectivity index (χ0v) is 14.2. The number of carbonyl (C=O) groups is 1. The average Bonchev–Trinajstić information content (AvgIpc) is 2.90. The molecular weight excluding hydrogens is 338 g/mol. The number of amides is 1. The normalized spacial score (nSPS) is 17.0.